The number of hydrogen-bond acceptors (Lipinski definition) is 4. The number of benzene rings is 1. The van der Waals surface area contributed by atoms with Crippen molar-refractivity contribution < 1.29 is 23.1 Å². The van der Waals surface area contributed by atoms with E-state index < -0.39 is 34.4 Å². The first-order valence-electron chi connectivity index (χ1n) is 5.43. The number of carboxylic acid groups (broad SMARTS) is 1. The summed E-state index contributed by atoms with van der Waals surface area (Å²) in [7, 11) is -4.17. The maximum Gasteiger partial charge on any atom is 0.322 e. The lowest BCUT2D eigenvalue weighted by Crippen LogP contribution is -2.43. The van der Waals surface area contributed by atoms with E-state index >= 15 is 0 Å². The predicted molar refractivity (Wildman–Crippen MR) is 71.7 cm³/mol. The van der Waals surface area contributed by atoms with Crippen LogP contribution >= 0.6 is 11.6 Å². The molecule has 1 rings (SSSR count). The molecule has 1 amide bonds. The van der Waals surface area contributed by atoms with Crippen molar-refractivity contribution in [3.05, 3.63) is 28.8 Å². The highest BCUT2D eigenvalue weighted by Gasteiger charge is 2.28. The number of nitrogens with two attached hydrogens (primary N) is 1. The van der Waals surface area contributed by atoms with E-state index in [4.69, 9.17) is 22.4 Å². The molecule has 1 aromatic carbocycles. The summed E-state index contributed by atoms with van der Waals surface area (Å²) < 4.78 is 26.0. The summed E-state index contributed by atoms with van der Waals surface area (Å²) in [6, 6.07) is 2.56. The summed E-state index contributed by atoms with van der Waals surface area (Å²) in [5.41, 5.74) is 5.63. The van der Waals surface area contributed by atoms with Crippen LogP contribution in [-0.4, -0.2) is 31.4 Å². The fourth-order valence-corrected chi connectivity index (χ4v) is 3.24. The first kappa shape index (κ1) is 16.4. The quantitative estimate of drug-likeness (QED) is 0.692. The van der Waals surface area contributed by atoms with Crippen molar-refractivity contribution in [3.8, 4) is 0 Å². The molecule has 0 aliphatic rings. The van der Waals surface area contributed by atoms with Crippen LogP contribution in [0.3, 0.4) is 0 Å². The Hall–Kier alpha value is -1.64. The minimum atomic E-state index is -4.17. The normalized spacial score (nSPS) is 12.9. The molecule has 1 atom stereocenters. The molecule has 20 heavy (non-hydrogen) atoms. The zero-order chi connectivity index (χ0) is 15.5. The van der Waals surface area contributed by atoms with E-state index in [9.17, 15) is 18.0 Å². The number of hydrogen-bond donors (Lipinski definition) is 3. The van der Waals surface area contributed by atoms with Gasteiger partial charge in [0.15, 0.2) is 0 Å². The minimum Gasteiger partial charge on any atom is -0.480 e. The van der Waals surface area contributed by atoms with Crippen LogP contribution in [0.1, 0.15) is 12.0 Å². The van der Waals surface area contributed by atoms with Crippen molar-refractivity contribution in [2.45, 2.75) is 24.3 Å². The number of carboxylic acids is 1. The van der Waals surface area contributed by atoms with Crippen LogP contribution < -0.4 is 10.5 Å². The average molecular weight is 321 g/mol. The molecule has 1 aromatic rings. The highest BCUT2D eigenvalue weighted by Crippen LogP contribution is 2.22. The standard InChI is InChI=1S/C11H13ClN2O5S/c1-6-2-3-9(7(12)4-6)20(18,19)14-8(11(16)17)5-10(13)15/h2-4,8,14H,5H2,1H3,(H2,13,15)(H,16,17)/t8-/m0/s1. The van der Waals surface area contributed by atoms with Crippen molar-refractivity contribution >= 4 is 33.5 Å². The van der Waals surface area contributed by atoms with Crippen molar-refractivity contribution in [2.75, 3.05) is 0 Å². The fraction of sp³-hybridized carbons (Fsp3) is 0.273. The third kappa shape index (κ3) is 4.19. The Balaban J connectivity index is 3.09. The average Bonchev–Trinajstić information content (AvgIpc) is 2.26. The van der Waals surface area contributed by atoms with Gasteiger partial charge in [-0.1, -0.05) is 17.7 Å². The third-order valence-corrected chi connectivity index (χ3v) is 4.33. The number of nitrogens with one attached hydrogen (secondary N) is 1. The monoisotopic (exact) mass is 320 g/mol. The molecule has 0 unspecified atom stereocenters. The van der Waals surface area contributed by atoms with E-state index in [0.29, 0.717) is 0 Å². The summed E-state index contributed by atoms with van der Waals surface area (Å²) in [4.78, 5) is 21.4. The number of halogens is 1. The minimum absolute atomic E-state index is 0.0410. The maximum atomic E-state index is 12.0. The van der Waals surface area contributed by atoms with Crippen LogP contribution in [0.15, 0.2) is 23.1 Å². The lowest BCUT2D eigenvalue weighted by Gasteiger charge is -2.14. The van der Waals surface area contributed by atoms with Gasteiger partial charge in [0.1, 0.15) is 10.9 Å². The fourth-order valence-electron chi connectivity index (χ4n) is 1.46. The summed E-state index contributed by atoms with van der Waals surface area (Å²) in [6.45, 7) is 1.73. The summed E-state index contributed by atoms with van der Waals surface area (Å²) >= 11 is 5.82. The first-order chi connectivity index (χ1) is 9.13. The second-order valence-corrected chi connectivity index (χ2v) is 6.21. The number of aliphatic carboxylic acids is 1. The molecule has 0 aromatic heterocycles. The Morgan fingerprint density at radius 1 is 1.45 bits per heavy atom. The van der Waals surface area contributed by atoms with Gasteiger partial charge >= 0.3 is 5.97 Å². The highest BCUT2D eigenvalue weighted by molar-refractivity contribution is 7.89. The van der Waals surface area contributed by atoms with Gasteiger partial charge in [-0.2, -0.15) is 4.72 Å². The maximum absolute atomic E-state index is 12.0. The molecule has 0 aliphatic carbocycles. The van der Waals surface area contributed by atoms with Crippen molar-refractivity contribution in [3.63, 3.8) is 0 Å². The van der Waals surface area contributed by atoms with Gasteiger partial charge in [0.05, 0.1) is 11.4 Å². The molecule has 0 bridgehead atoms. The number of rotatable bonds is 6. The molecule has 0 saturated carbocycles. The second kappa shape index (κ2) is 6.21. The summed E-state index contributed by atoms with van der Waals surface area (Å²) in [6.07, 6.45) is -0.655. The lowest BCUT2D eigenvalue weighted by molar-refractivity contribution is -0.140. The molecule has 0 spiro atoms. The molecular formula is C11H13ClN2O5S. The Bertz CT molecular complexity index is 644. The van der Waals surface area contributed by atoms with Crippen molar-refractivity contribution in [1.82, 2.24) is 4.72 Å². The van der Waals surface area contributed by atoms with Gasteiger partial charge in [-0.25, -0.2) is 8.42 Å². The topological polar surface area (TPSA) is 127 Å². The van der Waals surface area contributed by atoms with E-state index in [2.05, 4.69) is 0 Å². The van der Waals surface area contributed by atoms with E-state index in [1.807, 2.05) is 4.72 Å². The number of carbonyl (C=O) groups excluding carboxylic acids is 1. The van der Waals surface area contributed by atoms with Crippen LogP contribution in [0.5, 0.6) is 0 Å². The SMILES string of the molecule is Cc1ccc(S(=O)(=O)N[C@@H](CC(N)=O)C(=O)O)c(Cl)c1. The summed E-state index contributed by atoms with van der Waals surface area (Å²) in [5.74, 6) is -2.44. The molecule has 9 heteroatoms. The summed E-state index contributed by atoms with van der Waals surface area (Å²) in [5, 5.41) is 8.84. The number of primary amides is 1. The van der Waals surface area contributed by atoms with Crippen LogP contribution in [0.4, 0.5) is 0 Å². The van der Waals surface area contributed by atoms with Crippen LogP contribution in [0, 0.1) is 6.92 Å². The highest BCUT2D eigenvalue weighted by atomic mass is 35.5. The Labute approximate surface area is 120 Å². The van der Waals surface area contributed by atoms with Gasteiger partial charge in [-0.3, -0.25) is 9.59 Å². The number of carbonyl (C=O) groups is 2. The second-order valence-electron chi connectivity index (χ2n) is 4.12. The van der Waals surface area contributed by atoms with Gasteiger partial charge in [-0.05, 0) is 24.6 Å². The Kier molecular flexibility index (Phi) is 5.09. The molecular weight excluding hydrogens is 308 g/mol. The molecule has 0 fully saturated rings. The lowest BCUT2D eigenvalue weighted by atomic mass is 10.2. The van der Waals surface area contributed by atoms with Gasteiger partial charge < -0.3 is 10.8 Å². The van der Waals surface area contributed by atoms with Crippen LogP contribution in [0.2, 0.25) is 5.02 Å². The Morgan fingerprint density at radius 3 is 2.50 bits per heavy atom. The largest absolute Gasteiger partial charge is 0.480 e. The zero-order valence-corrected chi connectivity index (χ0v) is 12.0. The molecule has 0 radical (unpaired) electrons. The van der Waals surface area contributed by atoms with Crippen LogP contribution in [-0.2, 0) is 19.6 Å². The van der Waals surface area contributed by atoms with Gasteiger partial charge in [0.2, 0.25) is 15.9 Å². The Morgan fingerprint density at radius 2 is 2.05 bits per heavy atom. The molecule has 0 saturated heterocycles. The van der Waals surface area contributed by atoms with E-state index in [0.717, 1.165) is 5.56 Å². The molecule has 110 valence electrons. The van der Waals surface area contributed by atoms with Gasteiger partial charge in [-0.15, -0.1) is 0 Å². The molecule has 7 nitrogen and oxygen atoms in total. The van der Waals surface area contributed by atoms with Crippen molar-refractivity contribution in [1.29, 1.82) is 0 Å². The van der Waals surface area contributed by atoms with E-state index in [1.165, 1.54) is 18.2 Å². The van der Waals surface area contributed by atoms with Crippen LogP contribution in [0.25, 0.3) is 0 Å². The van der Waals surface area contributed by atoms with E-state index in [-0.39, 0.29) is 9.92 Å². The van der Waals surface area contributed by atoms with Crippen molar-refractivity contribution in [2.24, 2.45) is 5.73 Å². The third-order valence-electron chi connectivity index (χ3n) is 2.38. The number of sulfonamides is 1. The molecule has 0 aliphatic heterocycles. The zero-order valence-electron chi connectivity index (χ0n) is 10.5. The van der Waals surface area contributed by atoms with Gasteiger partial charge in [0.25, 0.3) is 0 Å². The molecule has 0 heterocycles. The predicted octanol–water partition coefficient (Wildman–Crippen LogP) is 0.255. The molecule has 4 N–H and O–H groups in total. The smallest absolute Gasteiger partial charge is 0.322 e. The number of aryl methyl sites for hydroxylation is 1. The van der Waals surface area contributed by atoms with Gasteiger partial charge in [0, 0.05) is 0 Å². The van der Waals surface area contributed by atoms with E-state index in [1.54, 1.807) is 6.92 Å². The first-order valence-corrected chi connectivity index (χ1v) is 7.29. The number of amides is 1.